The Morgan fingerprint density at radius 3 is 2.04 bits per heavy atom. The average molecular weight is 336 g/mol. The van der Waals surface area contributed by atoms with Crippen LogP contribution in [0.15, 0.2) is 66.7 Å². The van der Waals surface area contributed by atoms with E-state index in [0.717, 1.165) is 22.3 Å². The standard InChI is InChI=1S/C23H22O2.Li/c1-3-19-15-21(16-22(25-2)23(19)24)20-13-11-18(12-14-20)10-9-17-7-5-4-6-8-17;/h4-16,24H,3H2,1-2H3;/q;+1/p-1/b10-9+;. The molecule has 0 atom stereocenters. The molecular formula is C23H21LiO2. The maximum Gasteiger partial charge on any atom is 1.00 e. The van der Waals surface area contributed by atoms with Crippen LogP contribution in [0.4, 0.5) is 0 Å². The largest absolute Gasteiger partial charge is 1.00 e. The number of hydrogen-bond donors (Lipinski definition) is 0. The molecule has 3 heteroatoms. The molecule has 3 aromatic carbocycles. The predicted octanol–water partition coefficient (Wildman–Crippen LogP) is 2.17. The number of ether oxygens (including phenoxy) is 1. The molecule has 0 aromatic heterocycles. The SMILES string of the molecule is CCc1cc(-c2ccc(/C=C/c3ccccc3)cc2)cc(OC)c1[O-].[Li+]. The van der Waals surface area contributed by atoms with Gasteiger partial charge in [-0.05, 0) is 34.7 Å². The van der Waals surface area contributed by atoms with Crippen molar-refractivity contribution < 1.29 is 28.7 Å². The second-order valence-corrected chi connectivity index (χ2v) is 5.89. The molecule has 0 saturated carbocycles. The van der Waals surface area contributed by atoms with Crippen LogP contribution in [-0.2, 0) is 6.42 Å². The van der Waals surface area contributed by atoms with Crippen molar-refractivity contribution in [3.63, 3.8) is 0 Å². The van der Waals surface area contributed by atoms with Crippen molar-refractivity contribution in [2.24, 2.45) is 0 Å². The van der Waals surface area contributed by atoms with Gasteiger partial charge in [-0.15, -0.1) is 0 Å². The van der Waals surface area contributed by atoms with Crippen LogP contribution < -0.4 is 28.7 Å². The molecule has 0 bridgehead atoms. The molecule has 126 valence electrons. The zero-order chi connectivity index (χ0) is 17.6. The molecule has 0 unspecified atom stereocenters. The van der Waals surface area contributed by atoms with E-state index in [4.69, 9.17) is 4.74 Å². The third kappa shape index (κ3) is 4.61. The van der Waals surface area contributed by atoms with Crippen LogP contribution >= 0.6 is 0 Å². The van der Waals surface area contributed by atoms with Gasteiger partial charge in [0.25, 0.3) is 0 Å². The first-order valence-electron chi connectivity index (χ1n) is 8.42. The fourth-order valence-corrected chi connectivity index (χ4v) is 2.78. The van der Waals surface area contributed by atoms with Gasteiger partial charge >= 0.3 is 18.9 Å². The van der Waals surface area contributed by atoms with E-state index < -0.39 is 0 Å². The smallest absolute Gasteiger partial charge is 0.870 e. The Balaban J connectivity index is 0.00000243. The zero-order valence-electron chi connectivity index (χ0n) is 15.5. The number of benzene rings is 3. The van der Waals surface area contributed by atoms with Crippen LogP contribution in [0.3, 0.4) is 0 Å². The summed E-state index contributed by atoms with van der Waals surface area (Å²) >= 11 is 0. The molecule has 0 saturated heterocycles. The number of hydrogen-bond acceptors (Lipinski definition) is 2. The first-order chi connectivity index (χ1) is 12.2. The van der Waals surface area contributed by atoms with Gasteiger partial charge in [-0.3, -0.25) is 0 Å². The van der Waals surface area contributed by atoms with Gasteiger partial charge < -0.3 is 9.84 Å². The van der Waals surface area contributed by atoms with Crippen LogP contribution in [0.1, 0.15) is 23.6 Å². The summed E-state index contributed by atoms with van der Waals surface area (Å²) in [7, 11) is 1.54. The minimum Gasteiger partial charge on any atom is -0.870 e. The van der Waals surface area contributed by atoms with E-state index in [1.807, 2.05) is 37.3 Å². The van der Waals surface area contributed by atoms with Gasteiger partial charge in [-0.2, -0.15) is 0 Å². The molecule has 2 nitrogen and oxygen atoms in total. The first kappa shape index (κ1) is 19.9. The molecule has 26 heavy (non-hydrogen) atoms. The third-order valence-corrected chi connectivity index (χ3v) is 4.24. The molecule has 0 spiro atoms. The maximum absolute atomic E-state index is 12.2. The molecule has 3 rings (SSSR count). The molecule has 0 radical (unpaired) electrons. The molecule has 0 N–H and O–H groups in total. The van der Waals surface area contributed by atoms with Gasteiger partial charge in [0.05, 0.1) is 7.11 Å². The van der Waals surface area contributed by atoms with Gasteiger partial charge in [0.2, 0.25) is 0 Å². The van der Waals surface area contributed by atoms with Crippen molar-refractivity contribution in [1.82, 2.24) is 0 Å². The fourth-order valence-electron chi connectivity index (χ4n) is 2.78. The van der Waals surface area contributed by atoms with E-state index in [9.17, 15) is 5.11 Å². The number of aryl methyl sites for hydroxylation is 1. The molecule has 0 aliphatic carbocycles. The van der Waals surface area contributed by atoms with E-state index in [1.54, 1.807) is 0 Å². The van der Waals surface area contributed by atoms with Crippen LogP contribution in [-0.4, -0.2) is 7.11 Å². The van der Waals surface area contributed by atoms with Gasteiger partial charge in [0, 0.05) is 0 Å². The second-order valence-electron chi connectivity index (χ2n) is 5.89. The monoisotopic (exact) mass is 336 g/mol. The van der Waals surface area contributed by atoms with Crippen molar-refractivity contribution in [2.75, 3.05) is 7.11 Å². The quantitative estimate of drug-likeness (QED) is 0.528. The van der Waals surface area contributed by atoms with Gasteiger partial charge in [0.1, 0.15) is 5.75 Å². The van der Waals surface area contributed by atoms with Gasteiger partial charge in [-0.25, -0.2) is 0 Å². The summed E-state index contributed by atoms with van der Waals surface area (Å²) in [5.74, 6) is 0.388. The average Bonchev–Trinajstić information content (AvgIpc) is 2.68. The molecule has 0 heterocycles. The normalized spacial score (nSPS) is 10.5. The first-order valence-corrected chi connectivity index (χ1v) is 8.42. The number of rotatable bonds is 5. The van der Waals surface area contributed by atoms with Crippen LogP contribution in [0.2, 0.25) is 0 Å². The van der Waals surface area contributed by atoms with Crippen LogP contribution in [0, 0.1) is 0 Å². The molecule has 0 aliphatic heterocycles. The summed E-state index contributed by atoms with van der Waals surface area (Å²) in [5.41, 5.74) is 5.17. The summed E-state index contributed by atoms with van der Waals surface area (Å²) in [5, 5.41) is 12.2. The van der Waals surface area contributed by atoms with E-state index >= 15 is 0 Å². The van der Waals surface area contributed by atoms with E-state index in [2.05, 4.69) is 48.6 Å². The van der Waals surface area contributed by atoms with Crippen molar-refractivity contribution >= 4 is 12.2 Å². The zero-order valence-corrected chi connectivity index (χ0v) is 15.5. The number of methoxy groups -OCH3 is 1. The Kier molecular flexibility index (Phi) is 7.15. The molecule has 0 fully saturated rings. The summed E-state index contributed by atoms with van der Waals surface area (Å²) in [6.07, 6.45) is 4.89. The van der Waals surface area contributed by atoms with Crippen molar-refractivity contribution in [1.29, 1.82) is 0 Å². The van der Waals surface area contributed by atoms with Crippen molar-refractivity contribution in [3.05, 3.63) is 83.4 Å². The van der Waals surface area contributed by atoms with Crippen molar-refractivity contribution in [2.45, 2.75) is 13.3 Å². The fraction of sp³-hybridized carbons (Fsp3) is 0.130. The van der Waals surface area contributed by atoms with Crippen LogP contribution in [0.5, 0.6) is 11.5 Å². The summed E-state index contributed by atoms with van der Waals surface area (Å²) < 4.78 is 5.24. The molecular weight excluding hydrogens is 315 g/mol. The summed E-state index contributed by atoms with van der Waals surface area (Å²) in [6.45, 7) is 1.98. The van der Waals surface area contributed by atoms with Gasteiger partial charge in [0.15, 0.2) is 0 Å². The van der Waals surface area contributed by atoms with Gasteiger partial charge in [-0.1, -0.05) is 91.1 Å². The molecule has 0 aliphatic rings. The van der Waals surface area contributed by atoms with E-state index in [-0.39, 0.29) is 24.6 Å². The van der Waals surface area contributed by atoms with Crippen molar-refractivity contribution in [3.8, 4) is 22.6 Å². The minimum absolute atomic E-state index is 0. The summed E-state index contributed by atoms with van der Waals surface area (Å²) in [4.78, 5) is 0. The Morgan fingerprint density at radius 2 is 1.46 bits per heavy atom. The third-order valence-electron chi connectivity index (χ3n) is 4.24. The minimum atomic E-state index is -0.0174. The summed E-state index contributed by atoms with van der Waals surface area (Å²) in [6, 6.07) is 22.3. The van der Waals surface area contributed by atoms with E-state index in [0.29, 0.717) is 12.2 Å². The Morgan fingerprint density at radius 1 is 0.846 bits per heavy atom. The second kappa shape index (κ2) is 9.34. The maximum atomic E-state index is 12.2. The topological polar surface area (TPSA) is 32.3 Å². The van der Waals surface area contributed by atoms with Crippen LogP contribution in [0.25, 0.3) is 23.3 Å². The Bertz CT molecular complexity index is 843. The Hall–Kier alpha value is -2.40. The predicted molar refractivity (Wildman–Crippen MR) is 103 cm³/mol. The molecule has 0 amide bonds. The Labute approximate surface area is 167 Å². The van der Waals surface area contributed by atoms with E-state index in [1.165, 1.54) is 12.7 Å². The molecule has 3 aromatic rings.